The van der Waals surface area contributed by atoms with Crippen LogP contribution in [0.25, 0.3) is 0 Å². The van der Waals surface area contributed by atoms with E-state index in [4.69, 9.17) is 0 Å². The first-order valence-electron chi connectivity index (χ1n) is 7.76. The smallest absolute Gasteiger partial charge is 0.162 e. The third-order valence-electron chi connectivity index (χ3n) is 4.32. The highest BCUT2D eigenvalue weighted by atomic mass is 15.4. The van der Waals surface area contributed by atoms with Gasteiger partial charge in [-0.2, -0.15) is 0 Å². The average molecular weight is 302 g/mol. The maximum Gasteiger partial charge on any atom is 0.162 e. The highest BCUT2D eigenvalue weighted by Crippen LogP contribution is 2.46. The molecule has 2 aromatic carbocycles. The summed E-state index contributed by atoms with van der Waals surface area (Å²) in [5, 5.41) is 0. The van der Waals surface area contributed by atoms with Gasteiger partial charge in [0.1, 0.15) is 18.2 Å². The standard InChI is InChI=1S/C19H18N4/c1-14-8-6-7-11-17(14)23-15(2)22(16-9-4-3-5-10-16)19-18(23)12-20-13-21-19/h3-13,15H,1-2H3/t15-/m0/s1. The van der Waals surface area contributed by atoms with Gasteiger partial charge in [-0.3, -0.25) is 0 Å². The number of aryl methyl sites for hydroxylation is 1. The topological polar surface area (TPSA) is 32.3 Å². The number of para-hydroxylation sites is 2. The van der Waals surface area contributed by atoms with E-state index in [1.165, 1.54) is 11.3 Å². The van der Waals surface area contributed by atoms with Crippen molar-refractivity contribution in [1.82, 2.24) is 9.97 Å². The molecule has 0 saturated heterocycles. The number of nitrogens with zero attached hydrogens (tertiary/aromatic N) is 4. The van der Waals surface area contributed by atoms with Crippen molar-refractivity contribution in [2.45, 2.75) is 20.0 Å². The van der Waals surface area contributed by atoms with E-state index >= 15 is 0 Å². The summed E-state index contributed by atoms with van der Waals surface area (Å²) in [6.07, 6.45) is 3.64. The van der Waals surface area contributed by atoms with E-state index in [2.05, 4.69) is 82.1 Å². The second-order valence-electron chi connectivity index (χ2n) is 5.73. The number of benzene rings is 2. The Kier molecular flexibility index (Phi) is 3.23. The Morgan fingerprint density at radius 3 is 2.39 bits per heavy atom. The van der Waals surface area contributed by atoms with Gasteiger partial charge in [-0.25, -0.2) is 9.97 Å². The molecule has 114 valence electrons. The Morgan fingerprint density at radius 1 is 0.870 bits per heavy atom. The minimum absolute atomic E-state index is 0.130. The first-order chi connectivity index (χ1) is 11.3. The zero-order valence-corrected chi connectivity index (χ0v) is 13.2. The van der Waals surface area contributed by atoms with Gasteiger partial charge in [0, 0.05) is 11.4 Å². The molecular formula is C19H18N4. The van der Waals surface area contributed by atoms with Crippen molar-refractivity contribution < 1.29 is 0 Å². The van der Waals surface area contributed by atoms with Crippen LogP contribution in [0.1, 0.15) is 12.5 Å². The van der Waals surface area contributed by atoms with Crippen LogP contribution in [0.3, 0.4) is 0 Å². The van der Waals surface area contributed by atoms with Crippen molar-refractivity contribution in [1.29, 1.82) is 0 Å². The molecule has 0 saturated carbocycles. The van der Waals surface area contributed by atoms with Crippen LogP contribution >= 0.6 is 0 Å². The Morgan fingerprint density at radius 2 is 1.61 bits per heavy atom. The number of aromatic nitrogens is 2. The van der Waals surface area contributed by atoms with Gasteiger partial charge >= 0.3 is 0 Å². The molecule has 1 aliphatic rings. The molecular weight excluding hydrogens is 284 g/mol. The molecule has 1 aromatic heterocycles. The minimum Gasteiger partial charge on any atom is -0.316 e. The maximum atomic E-state index is 4.55. The molecule has 0 unspecified atom stereocenters. The Balaban J connectivity index is 1.89. The van der Waals surface area contributed by atoms with E-state index in [9.17, 15) is 0 Å². The molecule has 1 atom stereocenters. The van der Waals surface area contributed by atoms with Crippen molar-refractivity contribution >= 4 is 22.9 Å². The lowest BCUT2D eigenvalue weighted by atomic mass is 10.1. The lowest BCUT2D eigenvalue weighted by Gasteiger charge is -2.30. The molecule has 2 heterocycles. The first-order valence-corrected chi connectivity index (χ1v) is 7.76. The molecule has 23 heavy (non-hydrogen) atoms. The van der Waals surface area contributed by atoms with Crippen LogP contribution in [0.15, 0.2) is 67.1 Å². The predicted octanol–water partition coefficient (Wildman–Crippen LogP) is 4.42. The lowest BCUT2D eigenvalue weighted by molar-refractivity contribution is 0.755. The molecule has 0 fully saturated rings. The second kappa shape index (κ2) is 5.39. The fraction of sp³-hybridized carbons (Fsp3) is 0.158. The van der Waals surface area contributed by atoms with Crippen LogP contribution < -0.4 is 9.80 Å². The molecule has 3 aromatic rings. The van der Waals surface area contributed by atoms with E-state index in [1.807, 2.05) is 12.3 Å². The highest BCUT2D eigenvalue weighted by molar-refractivity contribution is 5.85. The molecule has 0 bridgehead atoms. The third kappa shape index (κ3) is 2.14. The van der Waals surface area contributed by atoms with Gasteiger partial charge < -0.3 is 9.80 Å². The summed E-state index contributed by atoms with van der Waals surface area (Å²) in [5.74, 6) is 0.946. The molecule has 4 nitrogen and oxygen atoms in total. The number of rotatable bonds is 2. The summed E-state index contributed by atoms with van der Waals surface area (Å²) >= 11 is 0. The van der Waals surface area contributed by atoms with Crippen LogP contribution in [0.2, 0.25) is 0 Å². The Labute approximate surface area is 136 Å². The van der Waals surface area contributed by atoms with Crippen molar-refractivity contribution in [3.63, 3.8) is 0 Å². The fourth-order valence-electron chi connectivity index (χ4n) is 3.26. The highest BCUT2D eigenvalue weighted by Gasteiger charge is 2.36. The Bertz CT molecular complexity index is 832. The summed E-state index contributed by atoms with van der Waals surface area (Å²) in [4.78, 5) is 13.3. The number of hydrogen-bond donors (Lipinski definition) is 0. The summed E-state index contributed by atoms with van der Waals surface area (Å²) in [6.45, 7) is 4.33. The van der Waals surface area contributed by atoms with Gasteiger partial charge in [0.15, 0.2) is 5.82 Å². The number of hydrogen-bond acceptors (Lipinski definition) is 4. The average Bonchev–Trinajstić information content (AvgIpc) is 2.88. The van der Waals surface area contributed by atoms with Crippen molar-refractivity contribution in [2.24, 2.45) is 0 Å². The van der Waals surface area contributed by atoms with Crippen molar-refractivity contribution in [3.8, 4) is 0 Å². The first kappa shape index (κ1) is 13.8. The second-order valence-corrected chi connectivity index (χ2v) is 5.73. The summed E-state index contributed by atoms with van der Waals surface area (Å²) in [7, 11) is 0. The minimum atomic E-state index is 0.130. The fourth-order valence-corrected chi connectivity index (χ4v) is 3.26. The van der Waals surface area contributed by atoms with E-state index in [0.29, 0.717) is 0 Å². The van der Waals surface area contributed by atoms with Crippen LogP contribution in [-0.4, -0.2) is 16.1 Å². The molecule has 0 N–H and O–H groups in total. The molecule has 0 amide bonds. The van der Waals surface area contributed by atoms with E-state index in [-0.39, 0.29) is 6.17 Å². The van der Waals surface area contributed by atoms with Gasteiger partial charge in [0.2, 0.25) is 0 Å². The molecule has 0 aliphatic carbocycles. The quantitative estimate of drug-likeness (QED) is 0.701. The van der Waals surface area contributed by atoms with Gasteiger partial charge in [0.25, 0.3) is 0 Å². The Hall–Kier alpha value is -2.88. The summed E-state index contributed by atoms with van der Waals surface area (Å²) in [6, 6.07) is 18.8. The van der Waals surface area contributed by atoms with Gasteiger partial charge in [0.05, 0.1) is 6.20 Å². The maximum absolute atomic E-state index is 4.55. The summed E-state index contributed by atoms with van der Waals surface area (Å²) < 4.78 is 0. The van der Waals surface area contributed by atoms with Gasteiger partial charge in [-0.1, -0.05) is 36.4 Å². The molecule has 4 heteroatoms. The van der Waals surface area contributed by atoms with E-state index < -0.39 is 0 Å². The van der Waals surface area contributed by atoms with E-state index in [0.717, 1.165) is 17.2 Å². The number of fused-ring (bicyclic) bond motifs is 1. The largest absolute Gasteiger partial charge is 0.316 e. The lowest BCUT2D eigenvalue weighted by Crippen LogP contribution is -2.35. The van der Waals surface area contributed by atoms with Crippen molar-refractivity contribution in [2.75, 3.05) is 9.80 Å². The third-order valence-corrected chi connectivity index (χ3v) is 4.32. The van der Waals surface area contributed by atoms with Crippen LogP contribution in [0, 0.1) is 6.92 Å². The molecule has 1 aliphatic heterocycles. The normalized spacial score (nSPS) is 16.5. The van der Waals surface area contributed by atoms with Crippen LogP contribution in [-0.2, 0) is 0 Å². The SMILES string of the molecule is Cc1ccccc1N1c2cncnc2N(c2ccccc2)[C@@H]1C. The monoisotopic (exact) mass is 302 g/mol. The van der Waals surface area contributed by atoms with E-state index in [1.54, 1.807) is 6.33 Å². The van der Waals surface area contributed by atoms with Crippen LogP contribution in [0.4, 0.5) is 22.9 Å². The predicted molar refractivity (Wildman–Crippen MR) is 93.4 cm³/mol. The van der Waals surface area contributed by atoms with Crippen molar-refractivity contribution in [3.05, 3.63) is 72.7 Å². The zero-order chi connectivity index (χ0) is 15.8. The van der Waals surface area contributed by atoms with Crippen LogP contribution in [0.5, 0.6) is 0 Å². The number of anilines is 4. The molecule has 0 spiro atoms. The van der Waals surface area contributed by atoms with Gasteiger partial charge in [-0.05, 0) is 37.6 Å². The summed E-state index contributed by atoms with van der Waals surface area (Å²) in [5.41, 5.74) is 4.60. The molecule has 0 radical (unpaired) electrons. The molecule has 4 rings (SSSR count). The zero-order valence-electron chi connectivity index (χ0n) is 13.2. The van der Waals surface area contributed by atoms with Gasteiger partial charge in [-0.15, -0.1) is 0 Å².